The molecule has 2 aromatic rings. The van der Waals surface area contributed by atoms with Crippen LogP contribution >= 0.6 is 0 Å². The van der Waals surface area contributed by atoms with E-state index in [1.165, 1.54) is 63.4 Å². The van der Waals surface area contributed by atoms with Crippen molar-refractivity contribution in [2.45, 2.75) is 96.8 Å². The number of nitrogens with zero attached hydrogens (tertiary/aromatic N) is 2. The number of halogens is 1. The summed E-state index contributed by atoms with van der Waals surface area (Å²) in [5, 5.41) is 0. The molecule has 1 aliphatic rings. The van der Waals surface area contributed by atoms with Gasteiger partial charge in [0.15, 0.2) is 0 Å². The van der Waals surface area contributed by atoms with Crippen molar-refractivity contribution in [3.05, 3.63) is 47.8 Å². The number of unbranched alkanes of at least 4 members (excludes halogenated alkanes) is 4. The molecule has 0 aliphatic heterocycles. The summed E-state index contributed by atoms with van der Waals surface area (Å²) in [5.41, 5.74) is 2.71. The quantitative estimate of drug-likeness (QED) is 0.301. The molecule has 1 heterocycles. The van der Waals surface area contributed by atoms with Gasteiger partial charge in [-0.1, -0.05) is 76.6 Å². The van der Waals surface area contributed by atoms with Crippen molar-refractivity contribution in [1.29, 1.82) is 0 Å². The molecule has 2 nitrogen and oxygen atoms in total. The SMILES string of the molecule is CCCCCCCc1ccc(-c2cnc(C3CCC(CCC)CC3)nc2F)cc1. The third kappa shape index (κ3) is 6.35. The molecule has 3 heteroatoms. The zero-order chi connectivity index (χ0) is 20.5. The van der Waals surface area contributed by atoms with Crippen LogP contribution in [0.2, 0.25) is 0 Å². The Morgan fingerprint density at radius 1 is 0.897 bits per heavy atom. The largest absolute Gasteiger partial charge is 0.240 e. The van der Waals surface area contributed by atoms with Crippen LogP contribution in [0.25, 0.3) is 11.1 Å². The second-order valence-corrected chi connectivity index (χ2v) is 8.80. The molecule has 0 radical (unpaired) electrons. The van der Waals surface area contributed by atoms with Crippen molar-refractivity contribution in [1.82, 2.24) is 9.97 Å². The number of aromatic nitrogens is 2. The van der Waals surface area contributed by atoms with Crippen LogP contribution in [0.1, 0.15) is 102 Å². The minimum Gasteiger partial charge on any atom is -0.240 e. The number of rotatable bonds is 10. The maximum atomic E-state index is 14.8. The molecule has 0 unspecified atom stereocenters. The molecular formula is C26H37FN2. The lowest BCUT2D eigenvalue weighted by Gasteiger charge is -2.27. The molecule has 158 valence electrons. The van der Waals surface area contributed by atoms with Crippen molar-refractivity contribution < 1.29 is 4.39 Å². The Morgan fingerprint density at radius 2 is 1.62 bits per heavy atom. The summed E-state index contributed by atoms with van der Waals surface area (Å²) < 4.78 is 14.8. The zero-order valence-corrected chi connectivity index (χ0v) is 18.3. The van der Waals surface area contributed by atoms with Crippen LogP contribution in [0, 0.1) is 11.9 Å². The third-order valence-electron chi connectivity index (χ3n) is 6.50. The van der Waals surface area contributed by atoms with Crippen molar-refractivity contribution in [3.8, 4) is 11.1 Å². The smallest absolute Gasteiger partial charge is 0.224 e. The highest BCUT2D eigenvalue weighted by molar-refractivity contribution is 5.62. The third-order valence-corrected chi connectivity index (χ3v) is 6.50. The van der Waals surface area contributed by atoms with Gasteiger partial charge < -0.3 is 0 Å². The average Bonchev–Trinajstić information content (AvgIpc) is 2.75. The van der Waals surface area contributed by atoms with E-state index in [0.717, 1.165) is 30.7 Å². The molecule has 0 amide bonds. The standard InChI is InChI=1S/C26H37FN2/c1-3-5-6-7-8-10-21-11-15-22(16-12-21)24-19-28-26(29-25(24)27)23-17-13-20(9-4-2)14-18-23/h11-12,15-16,19-20,23H,3-10,13-14,17-18H2,1-2H3. The first-order valence-corrected chi connectivity index (χ1v) is 11.8. The Bertz CT molecular complexity index is 733. The van der Waals surface area contributed by atoms with E-state index < -0.39 is 0 Å². The fraction of sp³-hybridized carbons (Fsp3) is 0.615. The molecular weight excluding hydrogens is 359 g/mol. The molecule has 1 aromatic heterocycles. The van der Waals surface area contributed by atoms with Gasteiger partial charge in [0.05, 0.1) is 5.56 Å². The predicted octanol–water partition coefficient (Wildman–Crippen LogP) is 7.87. The molecule has 0 bridgehead atoms. The Kier molecular flexibility index (Phi) is 8.64. The van der Waals surface area contributed by atoms with Gasteiger partial charge in [0.2, 0.25) is 5.95 Å². The first-order valence-electron chi connectivity index (χ1n) is 11.8. The van der Waals surface area contributed by atoms with Crippen LogP contribution in [0.4, 0.5) is 4.39 Å². The van der Waals surface area contributed by atoms with Crippen LogP contribution in [-0.4, -0.2) is 9.97 Å². The minimum absolute atomic E-state index is 0.321. The van der Waals surface area contributed by atoms with E-state index >= 15 is 0 Å². The molecule has 1 aliphatic carbocycles. The highest BCUT2D eigenvalue weighted by Gasteiger charge is 2.24. The van der Waals surface area contributed by atoms with Crippen LogP contribution in [0.15, 0.2) is 30.5 Å². The van der Waals surface area contributed by atoms with Crippen LogP contribution in [0.5, 0.6) is 0 Å². The van der Waals surface area contributed by atoms with E-state index in [1.54, 1.807) is 6.20 Å². The van der Waals surface area contributed by atoms with Gasteiger partial charge in [0.25, 0.3) is 0 Å². The monoisotopic (exact) mass is 396 g/mol. The average molecular weight is 397 g/mol. The van der Waals surface area contributed by atoms with Crippen LogP contribution in [0.3, 0.4) is 0 Å². The number of aryl methyl sites for hydroxylation is 1. The molecule has 1 saturated carbocycles. The lowest BCUT2D eigenvalue weighted by molar-refractivity contribution is 0.301. The lowest BCUT2D eigenvalue weighted by Crippen LogP contribution is -2.16. The van der Waals surface area contributed by atoms with Gasteiger partial charge >= 0.3 is 0 Å². The summed E-state index contributed by atoms with van der Waals surface area (Å²) in [6, 6.07) is 8.27. The van der Waals surface area contributed by atoms with E-state index in [4.69, 9.17) is 0 Å². The van der Waals surface area contributed by atoms with Crippen molar-refractivity contribution in [3.63, 3.8) is 0 Å². The van der Waals surface area contributed by atoms with Gasteiger partial charge in [-0.05, 0) is 55.6 Å². The summed E-state index contributed by atoms with van der Waals surface area (Å²) in [6.45, 7) is 4.50. The van der Waals surface area contributed by atoms with E-state index in [0.29, 0.717) is 17.3 Å². The second kappa shape index (κ2) is 11.4. The fourth-order valence-corrected chi connectivity index (χ4v) is 4.67. The van der Waals surface area contributed by atoms with E-state index in [9.17, 15) is 4.39 Å². The molecule has 29 heavy (non-hydrogen) atoms. The summed E-state index contributed by atoms with van der Waals surface area (Å²) in [7, 11) is 0. The zero-order valence-electron chi connectivity index (χ0n) is 18.3. The van der Waals surface area contributed by atoms with E-state index in [2.05, 4.69) is 35.9 Å². The molecule has 0 spiro atoms. The van der Waals surface area contributed by atoms with Crippen molar-refractivity contribution in [2.75, 3.05) is 0 Å². The van der Waals surface area contributed by atoms with Gasteiger partial charge in [0.1, 0.15) is 5.82 Å². The summed E-state index contributed by atoms with van der Waals surface area (Å²) in [4.78, 5) is 8.83. The Hall–Kier alpha value is -1.77. The number of benzene rings is 1. The first kappa shape index (κ1) is 21.9. The van der Waals surface area contributed by atoms with Crippen molar-refractivity contribution >= 4 is 0 Å². The molecule has 0 atom stereocenters. The normalized spacial score (nSPS) is 19.4. The Labute approximate surface area is 176 Å². The minimum atomic E-state index is -0.377. The summed E-state index contributed by atoms with van der Waals surface area (Å²) >= 11 is 0. The van der Waals surface area contributed by atoms with E-state index in [-0.39, 0.29) is 5.95 Å². The van der Waals surface area contributed by atoms with Gasteiger partial charge in [-0.15, -0.1) is 0 Å². The maximum Gasteiger partial charge on any atom is 0.224 e. The van der Waals surface area contributed by atoms with Crippen LogP contribution in [-0.2, 0) is 6.42 Å². The predicted molar refractivity (Wildman–Crippen MR) is 119 cm³/mol. The summed E-state index contributed by atoms with van der Waals surface area (Å²) in [6.07, 6.45) is 16.5. The highest BCUT2D eigenvalue weighted by Crippen LogP contribution is 2.36. The van der Waals surface area contributed by atoms with Gasteiger partial charge in [-0.25, -0.2) is 9.97 Å². The maximum absolute atomic E-state index is 14.8. The first-order chi connectivity index (χ1) is 14.2. The molecule has 1 aromatic carbocycles. The Balaban J connectivity index is 1.57. The van der Waals surface area contributed by atoms with Crippen LogP contribution < -0.4 is 0 Å². The van der Waals surface area contributed by atoms with Crippen molar-refractivity contribution in [2.24, 2.45) is 5.92 Å². The fourth-order valence-electron chi connectivity index (χ4n) is 4.67. The number of hydrogen-bond donors (Lipinski definition) is 0. The van der Waals surface area contributed by atoms with Gasteiger partial charge in [0, 0.05) is 12.1 Å². The topological polar surface area (TPSA) is 25.8 Å². The second-order valence-electron chi connectivity index (χ2n) is 8.80. The number of hydrogen-bond acceptors (Lipinski definition) is 2. The lowest BCUT2D eigenvalue weighted by atomic mass is 9.80. The van der Waals surface area contributed by atoms with E-state index in [1.807, 2.05) is 12.1 Å². The molecule has 0 saturated heterocycles. The molecule has 1 fully saturated rings. The van der Waals surface area contributed by atoms with Gasteiger partial charge in [-0.3, -0.25) is 0 Å². The summed E-state index contributed by atoms with van der Waals surface area (Å²) in [5.74, 6) is 1.48. The molecule has 0 N–H and O–H groups in total. The molecule has 3 rings (SSSR count). The van der Waals surface area contributed by atoms with Gasteiger partial charge in [-0.2, -0.15) is 4.39 Å². The Morgan fingerprint density at radius 3 is 2.28 bits per heavy atom. The highest BCUT2D eigenvalue weighted by atomic mass is 19.1.